The summed E-state index contributed by atoms with van der Waals surface area (Å²) in [6.07, 6.45) is 6.20. The van der Waals surface area contributed by atoms with Gasteiger partial charge in [-0.3, -0.25) is 9.78 Å². The van der Waals surface area contributed by atoms with Gasteiger partial charge in [0, 0.05) is 31.3 Å². The van der Waals surface area contributed by atoms with E-state index in [1.54, 1.807) is 13.1 Å². The number of pyridine rings is 1. The van der Waals surface area contributed by atoms with E-state index in [9.17, 15) is 4.79 Å². The Balaban J connectivity index is 1.74. The Hall–Kier alpha value is -2.50. The first-order valence-electron chi connectivity index (χ1n) is 8.54. The number of rotatable bonds is 3. The molecule has 1 amide bonds. The van der Waals surface area contributed by atoms with E-state index in [4.69, 9.17) is 9.97 Å². The molecule has 1 saturated carbocycles. The van der Waals surface area contributed by atoms with Gasteiger partial charge in [-0.05, 0) is 37.8 Å². The van der Waals surface area contributed by atoms with Crippen molar-refractivity contribution in [2.45, 2.75) is 45.2 Å². The molecule has 24 heavy (non-hydrogen) atoms. The standard InChI is InChI=1S/C18H21N5O/c1-12(24)23-10-8-14-16(11-23)21-18(15-7-2-3-9-19-15)22-17(14)20-13-5-4-6-13/h2-3,7,9,13H,4-6,8,10-11H2,1H3,(H,20,21,22). The summed E-state index contributed by atoms with van der Waals surface area (Å²) in [6.45, 7) is 2.89. The minimum Gasteiger partial charge on any atom is -0.367 e. The van der Waals surface area contributed by atoms with Crippen molar-refractivity contribution in [3.8, 4) is 11.5 Å². The van der Waals surface area contributed by atoms with Crippen molar-refractivity contribution in [1.29, 1.82) is 0 Å². The number of carbonyl (C=O) groups excluding carboxylic acids is 1. The van der Waals surface area contributed by atoms with Gasteiger partial charge in [0.15, 0.2) is 5.82 Å². The maximum Gasteiger partial charge on any atom is 0.219 e. The summed E-state index contributed by atoms with van der Waals surface area (Å²) < 4.78 is 0. The molecule has 6 nitrogen and oxygen atoms in total. The molecule has 2 aromatic heterocycles. The highest BCUT2D eigenvalue weighted by Crippen LogP contribution is 2.30. The van der Waals surface area contributed by atoms with Gasteiger partial charge in [-0.15, -0.1) is 0 Å². The zero-order valence-corrected chi connectivity index (χ0v) is 13.8. The van der Waals surface area contributed by atoms with E-state index in [0.29, 0.717) is 18.4 Å². The van der Waals surface area contributed by atoms with E-state index >= 15 is 0 Å². The second kappa shape index (κ2) is 6.19. The zero-order valence-electron chi connectivity index (χ0n) is 13.8. The number of amides is 1. The highest BCUT2D eigenvalue weighted by Gasteiger charge is 2.26. The highest BCUT2D eigenvalue weighted by molar-refractivity contribution is 5.74. The predicted molar refractivity (Wildman–Crippen MR) is 91.3 cm³/mol. The second-order valence-electron chi connectivity index (χ2n) is 6.50. The fourth-order valence-electron chi connectivity index (χ4n) is 3.17. The average molecular weight is 323 g/mol. The van der Waals surface area contributed by atoms with Crippen molar-refractivity contribution in [2.75, 3.05) is 11.9 Å². The van der Waals surface area contributed by atoms with Gasteiger partial charge < -0.3 is 10.2 Å². The lowest BCUT2D eigenvalue weighted by Gasteiger charge is -2.32. The third-order valence-corrected chi connectivity index (χ3v) is 4.85. The van der Waals surface area contributed by atoms with E-state index < -0.39 is 0 Å². The van der Waals surface area contributed by atoms with Crippen LogP contribution in [0.5, 0.6) is 0 Å². The van der Waals surface area contributed by atoms with Crippen LogP contribution >= 0.6 is 0 Å². The molecule has 0 atom stereocenters. The van der Waals surface area contributed by atoms with E-state index in [2.05, 4.69) is 10.3 Å². The molecular formula is C18H21N5O. The first-order valence-corrected chi connectivity index (χ1v) is 8.54. The molecule has 0 spiro atoms. The Kier molecular flexibility index (Phi) is 3.88. The molecule has 0 saturated heterocycles. The molecule has 124 valence electrons. The van der Waals surface area contributed by atoms with Crippen molar-refractivity contribution in [1.82, 2.24) is 19.9 Å². The fraction of sp³-hybridized carbons (Fsp3) is 0.444. The molecule has 0 unspecified atom stereocenters. The Labute approximate surface area is 141 Å². The Bertz CT molecular complexity index is 758. The van der Waals surface area contributed by atoms with Gasteiger partial charge in [-0.25, -0.2) is 9.97 Å². The fourth-order valence-corrected chi connectivity index (χ4v) is 3.17. The third kappa shape index (κ3) is 2.84. The smallest absolute Gasteiger partial charge is 0.219 e. The summed E-state index contributed by atoms with van der Waals surface area (Å²) in [7, 11) is 0. The predicted octanol–water partition coefficient (Wildman–Crippen LogP) is 2.41. The minimum atomic E-state index is 0.0900. The molecule has 1 aliphatic heterocycles. The van der Waals surface area contributed by atoms with Gasteiger partial charge in [0.2, 0.25) is 5.91 Å². The molecule has 1 aliphatic carbocycles. The molecule has 0 aromatic carbocycles. The van der Waals surface area contributed by atoms with Crippen LogP contribution in [0, 0.1) is 0 Å². The number of hydrogen-bond acceptors (Lipinski definition) is 5. The Morgan fingerprint density at radius 2 is 2.17 bits per heavy atom. The van der Waals surface area contributed by atoms with E-state index in [1.165, 1.54) is 19.3 Å². The van der Waals surface area contributed by atoms with Gasteiger partial charge in [0.05, 0.1) is 12.2 Å². The van der Waals surface area contributed by atoms with E-state index in [-0.39, 0.29) is 5.91 Å². The van der Waals surface area contributed by atoms with Crippen molar-refractivity contribution >= 4 is 11.7 Å². The Morgan fingerprint density at radius 1 is 1.29 bits per heavy atom. The minimum absolute atomic E-state index is 0.0900. The average Bonchev–Trinajstić information content (AvgIpc) is 2.58. The lowest BCUT2D eigenvalue weighted by Crippen LogP contribution is -2.36. The summed E-state index contributed by atoms with van der Waals surface area (Å²) in [5, 5.41) is 3.58. The molecule has 3 heterocycles. The van der Waals surface area contributed by atoms with E-state index in [0.717, 1.165) is 35.7 Å². The lowest BCUT2D eigenvalue weighted by molar-refractivity contribution is -0.129. The van der Waals surface area contributed by atoms with Crippen LogP contribution in [0.2, 0.25) is 0 Å². The van der Waals surface area contributed by atoms with Crippen LogP contribution in [0.25, 0.3) is 11.5 Å². The largest absolute Gasteiger partial charge is 0.367 e. The van der Waals surface area contributed by atoms with Crippen LogP contribution in [-0.2, 0) is 17.8 Å². The number of carbonyl (C=O) groups is 1. The van der Waals surface area contributed by atoms with Gasteiger partial charge >= 0.3 is 0 Å². The third-order valence-electron chi connectivity index (χ3n) is 4.85. The number of hydrogen-bond donors (Lipinski definition) is 1. The molecule has 4 rings (SSSR count). The molecule has 2 aromatic rings. The van der Waals surface area contributed by atoms with Crippen molar-refractivity contribution < 1.29 is 4.79 Å². The number of anilines is 1. The van der Waals surface area contributed by atoms with Crippen LogP contribution < -0.4 is 5.32 Å². The number of nitrogens with one attached hydrogen (secondary N) is 1. The van der Waals surface area contributed by atoms with Crippen LogP contribution in [0.15, 0.2) is 24.4 Å². The van der Waals surface area contributed by atoms with Crippen LogP contribution in [0.1, 0.15) is 37.4 Å². The molecule has 0 bridgehead atoms. The van der Waals surface area contributed by atoms with Crippen molar-refractivity contribution in [3.63, 3.8) is 0 Å². The SMILES string of the molecule is CC(=O)N1CCc2c(nc(-c3ccccn3)nc2NC2CCC2)C1. The summed E-state index contributed by atoms with van der Waals surface area (Å²) in [5.41, 5.74) is 2.85. The highest BCUT2D eigenvalue weighted by atomic mass is 16.2. The number of nitrogens with zero attached hydrogens (tertiary/aromatic N) is 4. The van der Waals surface area contributed by atoms with Crippen molar-refractivity contribution in [2.24, 2.45) is 0 Å². The first kappa shape index (κ1) is 15.1. The summed E-state index contributed by atoms with van der Waals surface area (Å²) in [5.74, 6) is 1.64. The molecule has 6 heteroatoms. The van der Waals surface area contributed by atoms with Gasteiger partial charge in [0.25, 0.3) is 0 Å². The number of fused-ring (bicyclic) bond motifs is 1. The molecule has 1 fully saturated rings. The second-order valence-corrected chi connectivity index (χ2v) is 6.50. The lowest BCUT2D eigenvalue weighted by atomic mass is 9.92. The maximum absolute atomic E-state index is 11.7. The van der Waals surface area contributed by atoms with Crippen LogP contribution in [0.4, 0.5) is 5.82 Å². The number of aromatic nitrogens is 3. The van der Waals surface area contributed by atoms with Crippen molar-refractivity contribution in [3.05, 3.63) is 35.7 Å². The molecular weight excluding hydrogens is 302 g/mol. The molecule has 1 N–H and O–H groups in total. The van der Waals surface area contributed by atoms with Gasteiger partial charge in [-0.2, -0.15) is 0 Å². The first-order chi connectivity index (χ1) is 11.7. The molecule has 2 aliphatic rings. The topological polar surface area (TPSA) is 71.0 Å². The normalized spacial score (nSPS) is 17.1. The van der Waals surface area contributed by atoms with Crippen LogP contribution in [0.3, 0.4) is 0 Å². The van der Waals surface area contributed by atoms with E-state index in [1.807, 2.05) is 23.1 Å². The zero-order chi connectivity index (χ0) is 16.5. The summed E-state index contributed by atoms with van der Waals surface area (Å²) >= 11 is 0. The van der Waals surface area contributed by atoms with Gasteiger partial charge in [0.1, 0.15) is 11.5 Å². The summed E-state index contributed by atoms with van der Waals surface area (Å²) in [6, 6.07) is 6.24. The Morgan fingerprint density at radius 3 is 2.83 bits per heavy atom. The summed E-state index contributed by atoms with van der Waals surface area (Å²) in [4.78, 5) is 27.4. The van der Waals surface area contributed by atoms with Gasteiger partial charge in [-0.1, -0.05) is 6.07 Å². The quantitative estimate of drug-likeness (QED) is 0.939. The molecule has 0 radical (unpaired) electrons. The van der Waals surface area contributed by atoms with Crippen LogP contribution in [-0.4, -0.2) is 38.3 Å². The monoisotopic (exact) mass is 323 g/mol. The maximum atomic E-state index is 11.7.